The van der Waals surface area contributed by atoms with Crippen molar-refractivity contribution >= 4 is 5.91 Å². The van der Waals surface area contributed by atoms with E-state index in [1.54, 1.807) is 0 Å². The number of amides is 1. The van der Waals surface area contributed by atoms with Gasteiger partial charge in [0, 0.05) is 12.5 Å². The molecule has 0 aliphatic carbocycles. The van der Waals surface area contributed by atoms with Crippen molar-refractivity contribution in [3.63, 3.8) is 0 Å². The van der Waals surface area contributed by atoms with Crippen LogP contribution >= 0.6 is 0 Å². The van der Waals surface area contributed by atoms with E-state index in [2.05, 4.69) is 10.6 Å². The number of fused-ring (bicyclic) bond motifs is 1. The van der Waals surface area contributed by atoms with Crippen molar-refractivity contribution in [2.75, 3.05) is 19.6 Å². The van der Waals surface area contributed by atoms with Crippen molar-refractivity contribution in [1.29, 1.82) is 0 Å². The lowest BCUT2D eigenvalue weighted by molar-refractivity contribution is -0.129. The number of carbonyl (C=O) groups excluding carboxylic acids is 1. The quantitative estimate of drug-likeness (QED) is 0.504. The third-order valence-corrected chi connectivity index (χ3v) is 2.76. The van der Waals surface area contributed by atoms with Crippen LogP contribution in [0.4, 0.5) is 0 Å². The highest BCUT2D eigenvalue weighted by Gasteiger charge is 2.33. The summed E-state index contributed by atoms with van der Waals surface area (Å²) in [4.78, 5) is 11.3. The molecule has 0 bridgehead atoms. The number of hydrogen-bond acceptors (Lipinski definition) is 2. The van der Waals surface area contributed by atoms with Crippen molar-refractivity contribution in [3.8, 4) is 0 Å². The zero-order chi connectivity index (χ0) is 7.68. The molecule has 0 radical (unpaired) electrons. The predicted molar refractivity (Wildman–Crippen MR) is 42.1 cm³/mol. The molecule has 3 nitrogen and oxygen atoms in total. The van der Waals surface area contributed by atoms with Crippen LogP contribution in [-0.4, -0.2) is 25.5 Å². The van der Waals surface area contributed by atoms with Crippen LogP contribution in [0.3, 0.4) is 0 Å². The first-order chi connectivity index (χ1) is 5.38. The maximum absolute atomic E-state index is 11.3. The summed E-state index contributed by atoms with van der Waals surface area (Å²) in [6, 6.07) is 0. The maximum atomic E-state index is 11.3. The summed E-state index contributed by atoms with van der Waals surface area (Å²) in [6.45, 7) is 2.92. The van der Waals surface area contributed by atoms with Gasteiger partial charge in [-0.2, -0.15) is 0 Å². The van der Waals surface area contributed by atoms with E-state index in [-0.39, 0.29) is 5.91 Å². The Bertz CT molecular complexity index is 167. The number of rotatable bonds is 0. The van der Waals surface area contributed by atoms with Gasteiger partial charge in [0.1, 0.15) is 0 Å². The summed E-state index contributed by atoms with van der Waals surface area (Å²) in [7, 11) is 0. The summed E-state index contributed by atoms with van der Waals surface area (Å²) in [6.07, 6.45) is 2.18. The van der Waals surface area contributed by atoms with E-state index in [0.717, 1.165) is 32.5 Å². The fourth-order valence-corrected chi connectivity index (χ4v) is 2.08. The lowest BCUT2D eigenvalue weighted by Crippen LogP contribution is -2.49. The van der Waals surface area contributed by atoms with Gasteiger partial charge >= 0.3 is 0 Å². The zero-order valence-electron chi connectivity index (χ0n) is 6.60. The smallest absolute Gasteiger partial charge is 0.223 e. The lowest BCUT2D eigenvalue weighted by atomic mass is 9.81. The largest absolute Gasteiger partial charge is 0.356 e. The summed E-state index contributed by atoms with van der Waals surface area (Å²) in [5, 5.41) is 6.24. The molecule has 0 aromatic rings. The molecular weight excluding hydrogens is 140 g/mol. The van der Waals surface area contributed by atoms with E-state index in [0.29, 0.717) is 11.8 Å². The van der Waals surface area contributed by atoms with E-state index < -0.39 is 0 Å². The first-order valence-electron chi connectivity index (χ1n) is 4.36. The molecule has 2 saturated heterocycles. The highest BCUT2D eigenvalue weighted by molar-refractivity contribution is 5.79. The molecule has 1 amide bonds. The van der Waals surface area contributed by atoms with Crippen molar-refractivity contribution < 1.29 is 4.79 Å². The first-order valence-corrected chi connectivity index (χ1v) is 4.36. The Balaban J connectivity index is 2.05. The minimum absolute atomic E-state index is 0.280. The Kier molecular flexibility index (Phi) is 1.82. The first kappa shape index (κ1) is 7.10. The molecule has 2 atom stereocenters. The number of hydrogen-bond donors (Lipinski definition) is 2. The van der Waals surface area contributed by atoms with Crippen molar-refractivity contribution in [3.05, 3.63) is 0 Å². The molecule has 62 valence electrons. The van der Waals surface area contributed by atoms with Crippen LogP contribution < -0.4 is 10.6 Å². The van der Waals surface area contributed by atoms with Crippen molar-refractivity contribution in [2.45, 2.75) is 12.8 Å². The molecule has 2 rings (SSSR count). The maximum Gasteiger partial charge on any atom is 0.223 e. The predicted octanol–water partition coefficient (Wildman–Crippen LogP) is -0.268. The minimum atomic E-state index is 0.280. The standard InChI is InChI=1S/C8H14N2O/c11-8-7-2-3-9-5-6(7)1-4-10-8/h6-7,9H,1-5H2,(H,10,11). The zero-order valence-corrected chi connectivity index (χ0v) is 6.60. The Morgan fingerprint density at radius 2 is 2.18 bits per heavy atom. The van der Waals surface area contributed by atoms with Gasteiger partial charge in [0.05, 0.1) is 0 Å². The molecule has 2 fully saturated rings. The molecule has 0 spiro atoms. The van der Waals surface area contributed by atoms with E-state index in [1.807, 2.05) is 0 Å². The highest BCUT2D eigenvalue weighted by Crippen LogP contribution is 2.24. The monoisotopic (exact) mass is 154 g/mol. The van der Waals surface area contributed by atoms with E-state index in [4.69, 9.17) is 0 Å². The molecule has 2 unspecified atom stereocenters. The molecule has 3 heteroatoms. The normalized spacial score (nSPS) is 37.6. The van der Waals surface area contributed by atoms with Gasteiger partial charge in [-0.1, -0.05) is 0 Å². The van der Waals surface area contributed by atoms with Gasteiger partial charge in [-0.05, 0) is 31.8 Å². The van der Waals surface area contributed by atoms with E-state index in [9.17, 15) is 4.79 Å². The lowest BCUT2D eigenvalue weighted by Gasteiger charge is -2.34. The Morgan fingerprint density at radius 1 is 1.27 bits per heavy atom. The summed E-state index contributed by atoms with van der Waals surface area (Å²) in [5.41, 5.74) is 0. The summed E-state index contributed by atoms with van der Waals surface area (Å²) in [5.74, 6) is 1.20. The second kappa shape index (κ2) is 2.81. The average molecular weight is 154 g/mol. The summed E-state index contributed by atoms with van der Waals surface area (Å²) >= 11 is 0. The number of nitrogens with one attached hydrogen (secondary N) is 2. The van der Waals surface area contributed by atoms with E-state index in [1.165, 1.54) is 0 Å². The third-order valence-electron chi connectivity index (χ3n) is 2.76. The van der Waals surface area contributed by atoms with Crippen LogP contribution in [0.5, 0.6) is 0 Å². The molecule has 2 aliphatic heterocycles. The second-order valence-corrected chi connectivity index (χ2v) is 3.44. The third kappa shape index (κ3) is 1.25. The number of carbonyl (C=O) groups is 1. The Morgan fingerprint density at radius 3 is 3.00 bits per heavy atom. The van der Waals surface area contributed by atoms with Crippen LogP contribution in [-0.2, 0) is 4.79 Å². The topological polar surface area (TPSA) is 41.1 Å². The van der Waals surface area contributed by atoms with Crippen molar-refractivity contribution in [1.82, 2.24) is 10.6 Å². The van der Waals surface area contributed by atoms with Crippen LogP contribution in [0.2, 0.25) is 0 Å². The summed E-state index contributed by atoms with van der Waals surface area (Å²) < 4.78 is 0. The van der Waals surface area contributed by atoms with Crippen LogP contribution in [0.1, 0.15) is 12.8 Å². The molecule has 2 heterocycles. The van der Waals surface area contributed by atoms with Crippen LogP contribution in [0.25, 0.3) is 0 Å². The second-order valence-electron chi connectivity index (χ2n) is 3.44. The fourth-order valence-electron chi connectivity index (χ4n) is 2.08. The van der Waals surface area contributed by atoms with E-state index >= 15 is 0 Å². The van der Waals surface area contributed by atoms with Gasteiger partial charge < -0.3 is 10.6 Å². The van der Waals surface area contributed by atoms with Gasteiger partial charge in [0.25, 0.3) is 0 Å². The molecule has 0 saturated carbocycles. The SMILES string of the molecule is O=C1NCCC2CNCCC12. The number of piperidine rings is 2. The molecule has 2 N–H and O–H groups in total. The Hall–Kier alpha value is -0.570. The molecule has 11 heavy (non-hydrogen) atoms. The fraction of sp³-hybridized carbons (Fsp3) is 0.875. The van der Waals surface area contributed by atoms with Gasteiger partial charge in [0.2, 0.25) is 5.91 Å². The van der Waals surface area contributed by atoms with Crippen LogP contribution in [0, 0.1) is 11.8 Å². The highest BCUT2D eigenvalue weighted by atomic mass is 16.1. The Labute approximate surface area is 66.5 Å². The van der Waals surface area contributed by atoms with Crippen LogP contribution in [0.15, 0.2) is 0 Å². The molecular formula is C8H14N2O. The van der Waals surface area contributed by atoms with Gasteiger partial charge in [0.15, 0.2) is 0 Å². The van der Waals surface area contributed by atoms with Crippen molar-refractivity contribution in [2.24, 2.45) is 11.8 Å². The van der Waals surface area contributed by atoms with Gasteiger partial charge in [-0.25, -0.2) is 0 Å². The molecule has 0 aromatic heterocycles. The average Bonchev–Trinajstić information content (AvgIpc) is 2.06. The minimum Gasteiger partial charge on any atom is -0.356 e. The van der Waals surface area contributed by atoms with Gasteiger partial charge in [-0.15, -0.1) is 0 Å². The molecule has 0 aromatic carbocycles. The molecule has 2 aliphatic rings. The van der Waals surface area contributed by atoms with Gasteiger partial charge in [-0.3, -0.25) is 4.79 Å².